The van der Waals surface area contributed by atoms with Crippen molar-refractivity contribution in [3.05, 3.63) is 23.1 Å². The first kappa shape index (κ1) is 18.1. The van der Waals surface area contributed by atoms with Crippen LogP contribution in [0.2, 0.25) is 0 Å². The maximum absolute atomic E-state index is 6.12. The van der Waals surface area contributed by atoms with Crippen LogP contribution in [0, 0.1) is 0 Å². The van der Waals surface area contributed by atoms with E-state index in [-0.39, 0.29) is 5.60 Å². The van der Waals surface area contributed by atoms with E-state index in [2.05, 4.69) is 51.5 Å². The molecule has 1 aliphatic heterocycles. The Labute approximate surface area is 162 Å². The van der Waals surface area contributed by atoms with Crippen LogP contribution in [-0.2, 0) is 17.8 Å². The largest absolute Gasteiger partial charge is 0.370 e. The van der Waals surface area contributed by atoms with Crippen molar-refractivity contribution in [1.29, 1.82) is 0 Å². The monoisotopic (exact) mass is 387 g/mol. The third-order valence-corrected chi connectivity index (χ3v) is 6.93. The second-order valence-corrected chi connectivity index (χ2v) is 10.7. The molecule has 0 saturated heterocycles. The molecular formula is C20H25N3OS2. The van der Waals surface area contributed by atoms with Gasteiger partial charge in [0.2, 0.25) is 0 Å². The van der Waals surface area contributed by atoms with Crippen LogP contribution >= 0.6 is 23.1 Å². The Morgan fingerprint density at radius 2 is 1.92 bits per heavy atom. The van der Waals surface area contributed by atoms with E-state index < -0.39 is 0 Å². The number of nitrogens with zero attached hydrogens (tertiary/aromatic N) is 3. The Morgan fingerprint density at radius 3 is 2.62 bits per heavy atom. The lowest BCUT2D eigenvalue weighted by atomic mass is 9.87. The average molecular weight is 388 g/mol. The number of fused-ring (bicyclic) bond motifs is 5. The molecule has 0 saturated carbocycles. The Bertz CT molecular complexity index is 992. The van der Waals surface area contributed by atoms with Crippen LogP contribution in [0.5, 0.6) is 0 Å². The minimum absolute atomic E-state index is 0.160. The zero-order valence-electron chi connectivity index (χ0n) is 16.2. The van der Waals surface area contributed by atoms with Crippen LogP contribution in [0.1, 0.15) is 64.3 Å². The molecule has 1 aliphatic rings. The average Bonchev–Trinajstić information content (AvgIpc) is 2.92. The number of ether oxygens (including phenoxy) is 1. The third kappa shape index (κ3) is 3.02. The van der Waals surface area contributed by atoms with E-state index in [1.54, 1.807) is 29.4 Å². The molecule has 3 aromatic heterocycles. The molecule has 4 nitrogen and oxygen atoms in total. The molecule has 0 fully saturated rings. The molecule has 6 heteroatoms. The van der Waals surface area contributed by atoms with Crippen molar-refractivity contribution in [2.45, 2.75) is 76.4 Å². The van der Waals surface area contributed by atoms with Crippen molar-refractivity contribution in [3.63, 3.8) is 0 Å². The first-order valence-electron chi connectivity index (χ1n) is 9.16. The third-order valence-electron chi connectivity index (χ3n) is 4.72. The van der Waals surface area contributed by atoms with Gasteiger partial charge in [-0.3, -0.25) is 0 Å². The first-order valence-corrected chi connectivity index (χ1v) is 10.9. The van der Waals surface area contributed by atoms with E-state index in [1.165, 1.54) is 26.9 Å². The van der Waals surface area contributed by atoms with Crippen molar-refractivity contribution < 1.29 is 4.74 Å². The van der Waals surface area contributed by atoms with Gasteiger partial charge in [0, 0.05) is 22.6 Å². The first-order chi connectivity index (χ1) is 12.3. The summed E-state index contributed by atoms with van der Waals surface area (Å²) in [6.45, 7) is 13.8. The zero-order valence-corrected chi connectivity index (χ0v) is 17.8. The molecule has 0 unspecified atom stereocenters. The van der Waals surface area contributed by atoms with Gasteiger partial charge < -0.3 is 4.74 Å². The maximum atomic E-state index is 6.12. The summed E-state index contributed by atoms with van der Waals surface area (Å²) in [4.78, 5) is 15.4. The number of aromatic nitrogens is 3. The molecule has 0 bridgehead atoms. The smallest absolute Gasteiger partial charge is 0.126 e. The van der Waals surface area contributed by atoms with E-state index in [4.69, 9.17) is 9.72 Å². The molecule has 4 heterocycles. The van der Waals surface area contributed by atoms with E-state index in [0.717, 1.165) is 21.8 Å². The highest BCUT2D eigenvalue weighted by Crippen LogP contribution is 2.43. The fraction of sp³-hybridized carbons (Fsp3) is 0.550. The van der Waals surface area contributed by atoms with Gasteiger partial charge in [-0.15, -0.1) is 23.1 Å². The molecule has 0 spiro atoms. The van der Waals surface area contributed by atoms with Gasteiger partial charge in [0.05, 0.1) is 28.1 Å². The van der Waals surface area contributed by atoms with E-state index in [1.807, 2.05) is 0 Å². The predicted molar refractivity (Wildman–Crippen MR) is 110 cm³/mol. The van der Waals surface area contributed by atoms with Crippen LogP contribution in [0.4, 0.5) is 0 Å². The van der Waals surface area contributed by atoms with E-state index >= 15 is 0 Å². The van der Waals surface area contributed by atoms with Crippen LogP contribution in [0.3, 0.4) is 0 Å². The number of pyridine rings is 1. The van der Waals surface area contributed by atoms with Crippen molar-refractivity contribution in [1.82, 2.24) is 15.0 Å². The summed E-state index contributed by atoms with van der Waals surface area (Å²) < 4.78 is 7.29. The summed E-state index contributed by atoms with van der Waals surface area (Å²) in [6.07, 6.45) is 2.59. The van der Waals surface area contributed by atoms with Crippen molar-refractivity contribution >= 4 is 43.5 Å². The van der Waals surface area contributed by atoms with Gasteiger partial charge in [-0.1, -0.05) is 27.7 Å². The van der Waals surface area contributed by atoms with Crippen molar-refractivity contribution in [2.24, 2.45) is 0 Å². The highest BCUT2D eigenvalue weighted by molar-refractivity contribution is 8.00. The summed E-state index contributed by atoms with van der Waals surface area (Å²) in [6, 6.07) is 0. The van der Waals surface area contributed by atoms with E-state index in [0.29, 0.717) is 17.8 Å². The molecular weight excluding hydrogens is 362 g/mol. The lowest BCUT2D eigenvalue weighted by molar-refractivity contribution is -0.0402. The fourth-order valence-electron chi connectivity index (χ4n) is 3.59. The van der Waals surface area contributed by atoms with Crippen molar-refractivity contribution in [3.8, 4) is 0 Å². The van der Waals surface area contributed by atoms with Crippen LogP contribution in [0.15, 0.2) is 11.4 Å². The minimum atomic E-state index is -0.160. The molecule has 138 valence electrons. The molecule has 0 aromatic carbocycles. The maximum Gasteiger partial charge on any atom is 0.126 e. The number of thioether (sulfide) groups is 1. The summed E-state index contributed by atoms with van der Waals surface area (Å²) in [5.41, 5.74) is 4.70. The highest BCUT2D eigenvalue weighted by Gasteiger charge is 2.32. The molecule has 4 rings (SSSR count). The number of thiophene rings is 1. The van der Waals surface area contributed by atoms with Gasteiger partial charge in [-0.05, 0) is 25.3 Å². The SMILES string of the molecule is CC(C)Sc1ncnc2c1sc1nc(C(C)C)c3c(c12)CC(C)(C)OC3. The highest BCUT2D eigenvalue weighted by atomic mass is 32.2. The van der Waals surface area contributed by atoms with Gasteiger partial charge in [0.1, 0.15) is 16.2 Å². The van der Waals surface area contributed by atoms with Crippen LogP contribution in [-0.4, -0.2) is 25.8 Å². The predicted octanol–water partition coefficient (Wildman–Crippen LogP) is 5.71. The van der Waals surface area contributed by atoms with Crippen molar-refractivity contribution in [2.75, 3.05) is 0 Å². The van der Waals surface area contributed by atoms with Crippen LogP contribution < -0.4 is 0 Å². The normalized spacial score (nSPS) is 16.8. The van der Waals surface area contributed by atoms with E-state index in [9.17, 15) is 0 Å². The molecule has 0 amide bonds. The molecule has 0 radical (unpaired) electrons. The van der Waals surface area contributed by atoms with Gasteiger partial charge in [0.15, 0.2) is 0 Å². The summed E-state index contributed by atoms with van der Waals surface area (Å²) in [5.74, 6) is 0.374. The minimum Gasteiger partial charge on any atom is -0.370 e. The molecule has 0 atom stereocenters. The molecule has 3 aromatic rings. The number of hydrogen-bond acceptors (Lipinski definition) is 6. The summed E-state index contributed by atoms with van der Waals surface area (Å²) in [5, 5.41) is 2.77. The summed E-state index contributed by atoms with van der Waals surface area (Å²) >= 11 is 3.53. The topological polar surface area (TPSA) is 47.9 Å². The van der Waals surface area contributed by atoms with Gasteiger partial charge in [-0.25, -0.2) is 15.0 Å². The van der Waals surface area contributed by atoms with Gasteiger partial charge in [0.25, 0.3) is 0 Å². The Morgan fingerprint density at radius 1 is 1.15 bits per heavy atom. The standard InChI is InChI=1S/C20H25N3OS2/c1-10(2)15-13-8-24-20(5,6)7-12(13)14-16-17(26-18(14)23-15)19(22-9-21-16)25-11(3)4/h9-11H,7-8H2,1-6H3. The summed E-state index contributed by atoms with van der Waals surface area (Å²) in [7, 11) is 0. The molecule has 26 heavy (non-hydrogen) atoms. The lowest BCUT2D eigenvalue weighted by Crippen LogP contribution is -2.32. The Balaban J connectivity index is 2.06. The second kappa shape index (κ2) is 6.43. The zero-order chi connectivity index (χ0) is 18.6. The second-order valence-electron chi connectivity index (χ2n) is 8.14. The Kier molecular flexibility index (Phi) is 4.48. The van der Waals surface area contributed by atoms with Crippen LogP contribution in [0.25, 0.3) is 20.4 Å². The lowest BCUT2D eigenvalue weighted by Gasteiger charge is -2.33. The Hall–Kier alpha value is -1.24. The number of rotatable bonds is 3. The molecule has 0 aliphatic carbocycles. The fourth-order valence-corrected chi connectivity index (χ4v) is 5.67. The molecule has 0 N–H and O–H groups in total. The number of hydrogen-bond donors (Lipinski definition) is 0. The quantitative estimate of drug-likeness (QED) is 0.425. The van der Waals surface area contributed by atoms with Gasteiger partial charge in [-0.2, -0.15) is 0 Å². The van der Waals surface area contributed by atoms with Gasteiger partial charge >= 0.3 is 0 Å².